The van der Waals surface area contributed by atoms with Crippen molar-refractivity contribution in [1.82, 2.24) is 0 Å². The Morgan fingerprint density at radius 3 is 1.30 bits per heavy atom. The van der Waals surface area contributed by atoms with Crippen LogP contribution in [0.25, 0.3) is 0 Å². The molecule has 0 unspecified atom stereocenters. The molecule has 0 saturated heterocycles. The van der Waals surface area contributed by atoms with Gasteiger partial charge in [-0.3, -0.25) is 0 Å². The summed E-state index contributed by atoms with van der Waals surface area (Å²) in [6.45, 7) is 4.14. The topological polar surface area (TPSA) is 145 Å². The van der Waals surface area contributed by atoms with E-state index >= 15 is 0 Å². The molecule has 4 aromatic carbocycles. The molecular weight excluding hydrogens is 472 g/mol. The second-order valence-corrected chi connectivity index (χ2v) is 9.00. The molecule has 0 bridgehead atoms. The second kappa shape index (κ2) is 9.94. The molecule has 0 aliphatic rings. The summed E-state index contributed by atoms with van der Waals surface area (Å²) in [5, 5.41) is 18.8. The maximum atomic E-state index is 11.5. The molecular formula is C29H26N2O6. The van der Waals surface area contributed by atoms with Crippen molar-refractivity contribution in [1.29, 1.82) is 0 Å². The molecule has 188 valence electrons. The van der Waals surface area contributed by atoms with Gasteiger partial charge in [-0.05, 0) is 59.7 Å². The van der Waals surface area contributed by atoms with E-state index in [0.29, 0.717) is 22.9 Å². The zero-order chi connectivity index (χ0) is 26.7. The van der Waals surface area contributed by atoms with Gasteiger partial charge in [0.15, 0.2) is 0 Å². The Balaban J connectivity index is 1.53. The van der Waals surface area contributed by atoms with Crippen molar-refractivity contribution in [2.24, 2.45) is 0 Å². The van der Waals surface area contributed by atoms with E-state index in [2.05, 4.69) is 13.8 Å². The van der Waals surface area contributed by atoms with Crippen LogP contribution in [0.15, 0.2) is 84.9 Å². The molecule has 0 radical (unpaired) electrons. The Morgan fingerprint density at radius 1 is 0.622 bits per heavy atom. The van der Waals surface area contributed by atoms with Gasteiger partial charge in [0.05, 0.1) is 0 Å². The van der Waals surface area contributed by atoms with Crippen LogP contribution in [0.3, 0.4) is 0 Å². The van der Waals surface area contributed by atoms with Crippen molar-refractivity contribution in [2.45, 2.75) is 19.3 Å². The number of hydrogen-bond donors (Lipinski definition) is 4. The van der Waals surface area contributed by atoms with E-state index in [-0.39, 0.29) is 28.0 Å². The number of rotatable bonds is 8. The van der Waals surface area contributed by atoms with Gasteiger partial charge in [0.2, 0.25) is 0 Å². The lowest BCUT2D eigenvalue weighted by Gasteiger charge is -2.26. The maximum absolute atomic E-state index is 11.5. The van der Waals surface area contributed by atoms with E-state index < -0.39 is 11.9 Å². The second-order valence-electron chi connectivity index (χ2n) is 9.00. The monoisotopic (exact) mass is 498 g/mol. The first-order chi connectivity index (χ1) is 17.5. The summed E-state index contributed by atoms with van der Waals surface area (Å²) in [7, 11) is 0. The van der Waals surface area contributed by atoms with Gasteiger partial charge < -0.3 is 31.2 Å². The molecule has 8 heteroatoms. The van der Waals surface area contributed by atoms with Crippen molar-refractivity contribution >= 4 is 23.3 Å². The molecule has 6 N–H and O–H groups in total. The Hall–Kier alpha value is -4.98. The largest absolute Gasteiger partial charge is 0.478 e. The number of hydrogen-bond acceptors (Lipinski definition) is 6. The van der Waals surface area contributed by atoms with Crippen molar-refractivity contribution in [3.8, 4) is 23.0 Å². The summed E-state index contributed by atoms with van der Waals surface area (Å²) in [4.78, 5) is 23.0. The molecule has 0 spiro atoms. The lowest BCUT2D eigenvalue weighted by Crippen LogP contribution is -2.18. The number of nitrogens with two attached hydrogens (primary N) is 2. The van der Waals surface area contributed by atoms with Crippen LogP contribution < -0.4 is 20.9 Å². The van der Waals surface area contributed by atoms with E-state index in [9.17, 15) is 19.8 Å². The van der Waals surface area contributed by atoms with Crippen LogP contribution in [0.2, 0.25) is 0 Å². The molecule has 0 aromatic heterocycles. The zero-order valence-electron chi connectivity index (χ0n) is 20.3. The van der Waals surface area contributed by atoms with Crippen LogP contribution in [-0.2, 0) is 5.41 Å². The van der Waals surface area contributed by atoms with Gasteiger partial charge in [0.1, 0.15) is 34.1 Å². The van der Waals surface area contributed by atoms with Gasteiger partial charge in [0.25, 0.3) is 0 Å². The van der Waals surface area contributed by atoms with Crippen LogP contribution in [0.4, 0.5) is 11.4 Å². The number of ether oxygens (including phenoxy) is 2. The average molecular weight is 499 g/mol. The van der Waals surface area contributed by atoms with Crippen LogP contribution in [-0.4, -0.2) is 22.2 Å². The quantitative estimate of drug-likeness (QED) is 0.211. The fraction of sp³-hybridized carbons (Fsp3) is 0.103. The SMILES string of the molecule is CC(C)(c1ccc(Oc2cc(N)ccc2C(=O)O)cc1)c1ccc(Oc2cc(N)ccc2C(=O)O)cc1. The zero-order valence-corrected chi connectivity index (χ0v) is 20.3. The lowest BCUT2D eigenvalue weighted by atomic mass is 9.78. The molecule has 0 atom stereocenters. The smallest absolute Gasteiger partial charge is 0.339 e. The minimum absolute atomic E-state index is 0.0228. The number of aromatic carboxylic acids is 2. The van der Waals surface area contributed by atoms with Crippen molar-refractivity contribution in [3.63, 3.8) is 0 Å². The standard InChI is InChI=1S/C29H26N2O6/c1-29(2,17-3-9-21(10-4-17)36-25-15-19(30)7-13-23(25)27(32)33)18-5-11-22(12-6-18)37-26-16-20(31)8-14-24(26)28(34)35/h3-16H,30-31H2,1-2H3,(H,32,33)(H,34,35). The van der Waals surface area contributed by atoms with Gasteiger partial charge in [0, 0.05) is 28.9 Å². The first kappa shape index (κ1) is 25.1. The van der Waals surface area contributed by atoms with Gasteiger partial charge in [-0.1, -0.05) is 38.1 Å². The Kier molecular flexibility index (Phi) is 6.75. The predicted molar refractivity (Wildman–Crippen MR) is 141 cm³/mol. The summed E-state index contributed by atoms with van der Waals surface area (Å²) in [6.07, 6.45) is 0. The van der Waals surface area contributed by atoms with E-state index in [4.69, 9.17) is 20.9 Å². The fourth-order valence-electron chi connectivity index (χ4n) is 3.90. The summed E-state index contributed by atoms with van der Waals surface area (Å²) in [5.74, 6) is -0.909. The van der Waals surface area contributed by atoms with Crippen LogP contribution in [0.1, 0.15) is 45.7 Å². The molecule has 8 nitrogen and oxygen atoms in total. The number of carboxylic acids is 2. The Labute approximate surface area is 213 Å². The van der Waals surface area contributed by atoms with Crippen molar-refractivity contribution < 1.29 is 29.3 Å². The molecule has 4 aromatic rings. The highest BCUT2D eigenvalue weighted by Gasteiger charge is 2.24. The maximum Gasteiger partial charge on any atom is 0.339 e. The number of benzene rings is 4. The minimum atomic E-state index is -1.10. The van der Waals surface area contributed by atoms with Gasteiger partial charge in [-0.25, -0.2) is 9.59 Å². The molecule has 0 heterocycles. The van der Waals surface area contributed by atoms with E-state index in [0.717, 1.165) is 11.1 Å². The normalized spacial score (nSPS) is 11.1. The van der Waals surface area contributed by atoms with E-state index in [1.165, 1.54) is 36.4 Å². The fourth-order valence-corrected chi connectivity index (χ4v) is 3.90. The summed E-state index contributed by atoms with van der Waals surface area (Å²) in [5.41, 5.74) is 14.1. The highest BCUT2D eigenvalue weighted by molar-refractivity contribution is 5.92. The third-order valence-corrected chi connectivity index (χ3v) is 6.08. The first-order valence-electron chi connectivity index (χ1n) is 11.4. The summed E-state index contributed by atoms with van der Waals surface area (Å²) >= 11 is 0. The predicted octanol–water partition coefficient (Wildman–Crippen LogP) is 6.16. The van der Waals surface area contributed by atoms with Gasteiger partial charge >= 0.3 is 11.9 Å². The van der Waals surface area contributed by atoms with Crippen molar-refractivity contribution in [2.75, 3.05) is 11.5 Å². The van der Waals surface area contributed by atoms with Gasteiger partial charge in [-0.15, -0.1) is 0 Å². The Bertz CT molecular complexity index is 1350. The average Bonchev–Trinajstić information content (AvgIpc) is 2.84. The summed E-state index contributed by atoms with van der Waals surface area (Å²) < 4.78 is 11.6. The number of nitrogen functional groups attached to an aromatic ring is 2. The van der Waals surface area contributed by atoms with Crippen LogP contribution in [0.5, 0.6) is 23.0 Å². The molecule has 0 amide bonds. The number of carbonyl (C=O) groups is 2. The number of carboxylic acid groups (broad SMARTS) is 2. The molecule has 0 fully saturated rings. The third-order valence-electron chi connectivity index (χ3n) is 6.08. The minimum Gasteiger partial charge on any atom is -0.478 e. The highest BCUT2D eigenvalue weighted by atomic mass is 16.5. The van der Waals surface area contributed by atoms with E-state index in [1.807, 2.05) is 24.3 Å². The van der Waals surface area contributed by atoms with Crippen LogP contribution >= 0.6 is 0 Å². The third kappa shape index (κ3) is 5.48. The summed E-state index contributed by atoms with van der Waals surface area (Å²) in [6, 6.07) is 23.6. The molecule has 4 rings (SSSR count). The molecule has 0 aliphatic heterocycles. The van der Waals surface area contributed by atoms with Crippen LogP contribution in [0, 0.1) is 0 Å². The highest BCUT2D eigenvalue weighted by Crippen LogP contribution is 2.36. The lowest BCUT2D eigenvalue weighted by molar-refractivity contribution is 0.0683. The first-order valence-corrected chi connectivity index (χ1v) is 11.4. The van der Waals surface area contributed by atoms with E-state index in [1.54, 1.807) is 24.3 Å². The molecule has 0 aliphatic carbocycles. The number of anilines is 2. The Morgan fingerprint density at radius 2 is 0.973 bits per heavy atom. The molecule has 37 heavy (non-hydrogen) atoms. The van der Waals surface area contributed by atoms with Crippen molar-refractivity contribution in [3.05, 3.63) is 107 Å². The molecule has 0 saturated carbocycles. The van der Waals surface area contributed by atoms with Gasteiger partial charge in [-0.2, -0.15) is 0 Å².